The minimum absolute atomic E-state index is 0.481. The summed E-state index contributed by atoms with van der Waals surface area (Å²) in [6, 6.07) is 13.3. The normalized spacial score (nSPS) is 11.7. The van der Waals surface area contributed by atoms with Crippen LogP contribution in [-0.4, -0.2) is 0 Å². The Morgan fingerprint density at radius 2 is 1.48 bits per heavy atom. The Hall–Kier alpha value is -1.97. The van der Waals surface area contributed by atoms with Gasteiger partial charge in [-0.2, -0.15) is 13.2 Å². The number of nitrogens with one attached hydrogen (secondary N) is 1. The summed E-state index contributed by atoms with van der Waals surface area (Å²) in [4.78, 5) is 0. The molecule has 0 fully saturated rings. The third-order valence-electron chi connectivity index (χ3n) is 3.36. The predicted octanol–water partition coefficient (Wildman–Crippen LogP) is 5.44. The van der Waals surface area contributed by atoms with Crippen molar-refractivity contribution in [2.45, 2.75) is 32.5 Å². The van der Waals surface area contributed by atoms with Gasteiger partial charge in [0, 0.05) is 12.2 Å². The van der Waals surface area contributed by atoms with Gasteiger partial charge in [0.1, 0.15) is 0 Å². The van der Waals surface area contributed by atoms with Crippen molar-refractivity contribution in [2.75, 3.05) is 5.32 Å². The monoisotopic (exact) mass is 293 g/mol. The molecule has 0 bridgehead atoms. The maximum atomic E-state index is 12.5. The van der Waals surface area contributed by atoms with Gasteiger partial charge < -0.3 is 5.32 Å². The fraction of sp³-hybridized carbons (Fsp3) is 0.294. The van der Waals surface area contributed by atoms with Crippen LogP contribution in [0.4, 0.5) is 18.9 Å². The Kier molecular flexibility index (Phi) is 4.56. The highest BCUT2D eigenvalue weighted by Crippen LogP contribution is 2.29. The summed E-state index contributed by atoms with van der Waals surface area (Å²) in [5.41, 5.74) is 2.41. The Balaban J connectivity index is 1.96. The zero-order valence-corrected chi connectivity index (χ0v) is 12.0. The molecule has 0 aliphatic carbocycles. The van der Waals surface area contributed by atoms with E-state index in [4.69, 9.17) is 0 Å². The second kappa shape index (κ2) is 6.20. The summed E-state index contributed by atoms with van der Waals surface area (Å²) >= 11 is 0. The van der Waals surface area contributed by atoms with Gasteiger partial charge in [0.25, 0.3) is 0 Å². The molecule has 0 unspecified atom stereocenters. The number of anilines is 1. The Morgan fingerprint density at radius 1 is 0.905 bits per heavy atom. The smallest absolute Gasteiger partial charge is 0.381 e. The van der Waals surface area contributed by atoms with Crippen molar-refractivity contribution in [1.82, 2.24) is 0 Å². The molecule has 1 N–H and O–H groups in total. The van der Waals surface area contributed by atoms with E-state index >= 15 is 0 Å². The molecule has 0 heterocycles. The number of rotatable bonds is 4. The second-order valence-corrected chi connectivity index (χ2v) is 5.32. The van der Waals surface area contributed by atoms with Crippen LogP contribution < -0.4 is 5.32 Å². The lowest BCUT2D eigenvalue weighted by Crippen LogP contribution is -2.05. The molecule has 0 saturated heterocycles. The second-order valence-electron chi connectivity index (χ2n) is 5.32. The molecule has 0 atom stereocenters. The predicted molar refractivity (Wildman–Crippen MR) is 79.3 cm³/mol. The maximum Gasteiger partial charge on any atom is 0.416 e. The summed E-state index contributed by atoms with van der Waals surface area (Å²) in [5.74, 6) is 0.481. The average molecular weight is 293 g/mol. The fourth-order valence-electron chi connectivity index (χ4n) is 2.00. The molecule has 0 saturated carbocycles. The molecular formula is C17H18F3N. The van der Waals surface area contributed by atoms with Gasteiger partial charge in [-0.15, -0.1) is 0 Å². The first-order chi connectivity index (χ1) is 9.86. The van der Waals surface area contributed by atoms with Crippen molar-refractivity contribution >= 4 is 5.69 Å². The number of hydrogen-bond donors (Lipinski definition) is 1. The zero-order chi connectivity index (χ0) is 15.5. The van der Waals surface area contributed by atoms with Crippen LogP contribution in [0, 0.1) is 0 Å². The van der Waals surface area contributed by atoms with Crippen LogP contribution in [0.15, 0.2) is 48.5 Å². The van der Waals surface area contributed by atoms with E-state index in [1.807, 2.05) is 12.1 Å². The Morgan fingerprint density at radius 3 is 1.95 bits per heavy atom. The van der Waals surface area contributed by atoms with Crippen LogP contribution in [0.2, 0.25) is 0 Å². The van der Waals surface area contributed by atoms with Crippen LogP contribution in [0.25, 0.3) is 0 Å². The molecule has 0 spiro atoms. The van der Waals surface area contributed by atoms with Crippen molar-refractivity contribution in [3.63, 3.8) is 0 Å². The van der Waals surface area contributed by atoms with E-state index in [2.05, 4.69) is 31.3 Å². The minimum Gasteiger partial charge on any atom is -0.381 e. The van der Waals surface area contributed by atoms with E-state index in [-0.39, 0.29) is 0 Å². The summed E-state index contributed by atoms with van der Waals surface area (Å²) in [6.07, 6.45) is -4.28. The van der Waals surface area contributed by atoms with Crippen molar-refractivity contribution in [1.29, 1.82) is 0 Å². The van der Waals surface area contributed by atoms with Crippen molar-refractivity contribution in [2.24, 2.45) is 0 Å². The average Bonchev–Trinajstić information content (AvgIpc) is 2.45. The lowest BCUT2D eigenvalue weighted by molar-refractivity contribution is -0.137. The molecule has 112 valence electrons. The minimum atomic E-state index is -4.28. The molecular weight excluding hydrogens is 275 g/mol. The fourth-order valence-corrected chi connectivity index (χ4v) is 2.00. The van der Waals surface area contributed by atoms with Crippen LogP contribution >= 0.6 is 0 Å². The topological polar surface area (TPSA) is 12.0 Å². The van der Waals surface area contributed by atoms with Crippen molar-refractivity contribution < 1.29 is 13.2 Å². The molecule has 0 aliphatic rings. The molecule has 2 rings (SSSR count). The third kappa shape index (κ3) is 4.25. The van der Waals surface area contributed by atoms with Gasteiger partial charge >= 0.3 is 6.18 Å². The molecule has 21 heavy (non-hydrogen) atoms. The van der Waals surface area contributed by atoms with E-state index < -0.39 is 11.7 Å². The van der Waals surface area contributed by atoms with E-state index in [1.165, 1.54) is 17.7 Å². The van der Waals surface area contributed by atoms with Gasteiger partial charge in [0.05, 0.1) is 5.56 Å². The highest BCUT2D eigenvalue weighted by Gasteiger charge is 2.29. The standard InChI is InChI=1S/C17H18F3N/c1-12(2)14-5-9-16(10-6-14)21-11-13-3-7-15(8-4-13)17(18,19)20/h3-10,12,21H,11H2,1-2H3. The van der Waals surface area contributed by atoms with Crippen LogP contribution in [0.3, 0.4) is 0 Å². The van der Waals surface area contributed by atoms with Crippen LogP contribution in [0.1, 0.15) is 36.5 Å². The summed E-state index contributed by atoms with van der Waals surface area (Å²) in [5, 5.41) is 3.20. The van der Waals surface area contributed by atoms with E-state index in [9.17, 15) is 13.2 Å². The van der Waals surface area contributed by atoms with Crippen molar-refractivity contribution in [3.05, 3.63) is 65.2 Å². The number of benzene rings is 2. The molecule has 0 aromatic heterocycles. The lowest BCUT2D eigenvalue weighted by atomic mass is 10.0. The lowest BCUT2D eigenvalue weighted by Gasteiger charge is -2.10. The first kappa shape index (κ1) is 15.4. The van der Waals surface area contributed by atoms with Gasteiger partial charge in [0.15, 0.2) is 0 Å². The summed E-state index contributed by atoms with van der Waals surface area (Å²) in [7, 11) is 0. The first-order valence-corrected chi connectivity index (χ1v) is 6.86. The maximum absolute atomic E-state index is 12.5. The van der Waals surface area contributed by atoms with Gasteiger partial charge in [0.2, 0.25) is 0 Å². The Bertz CT molecular complexity index is 568. The highest BCUT2D eigenvalue weighted by molar-refractivity contribution is 5.45. The molecule has 2 aromatic rings. The number of hydrogen-bond acceptors (Lipinski definition) is 1. The SMILES string of the molecule is CC(C)c1ccc(NCc2ccc(C(F)(F)F)cc2)cc1. The molecule has 0 aliphatic heterocycles. The van der Waals surface area contributed by atoms with Crippen LogP contribution in [0.5, 0.6) is 0 Å². The third-order valence-corrected chi connectivity index (χ3v) is 3.36. The number of alkyl halides is 3. The molecule has 0 radical (unpaired) electrons. The first-order valence-electron chi connectivity index (χ1n) is 6.86. The largest absolute Gasteiger partial charge is 0.416 e. The number of halogens is 3. The van der Waals surface area contributed by atoms with Crippen molar-refractivity contribution in [3.8, 4) is 0 Å². The molecule has 4 heteroatoms. The quantitative estimate of drug-likeness (QED) is 0.791. The van der Waals surface area contributed by atoms with Gasteiger partial charge in [-0.25, -0.2) is 0 Å². The Labute approximate surface area is 122 Å². The van der Waals surface area contributed by atoms with Gasteiger partial charge in [-0.1, -0.05) is 38.1 Å². The summed E-state index contributed by atoms with van der Waals surface area (Å²) < 4.78 is 37.4. The van der Waals surface area contributed by atoms with Gasteiger partial charge in [-0.3, -0.25) is 0 Å². The molecule has 0 amide bonds. The molecule has 1 nitrogen and oxygen atoms in total. The molecule has 2 aromatic carbocycles. The van der Waals surface area contributed by atoms with Gasteiger partial charge in [-0.05, 0) is 41.3 Å². The summed E-state index contributed by atoms with van der Waals surface area (Å²) in [6.45, 7) is 4.76. The zero-order valence-electron chi connectivity index (χ0n) is 12.0. The van der Waals surface area contributed by atoms with E-state index in [0.29, 0.717) is 12.5 Å². The highest BCUT2D eigenvalue weighted by atomic mass is 19.4. The van der Waals surface area contributed by atoms with Crippen LogP contribution in [-0.2, 0) is 12.7 Å². The van der Waals surface area contributed by atoms with E-state index in [0.717, 1.165) is 23.4 Å². The van der Waals surface area contributed by atoms with E-state index in [1.54, 1.807) is 0 Å².